The highest BCUT2D eigenvalue weighted by Gasteiger charge is 2.50. The lowest BCUT2D eigenvalue weighted by atomic mass is 10.2. The van der Waals surface area contributed by atoms with Crippen LogP contribution in [0.4, 0.5) is 0 Å². The smallest absolute Gasteiger partial charge is 0.226 e. The van der Waals surface area contributed by atoms with Crippen molar-refractivity contribution in [3.8, 4) is 0 Å². The molecule has 3 rings (SSSR count). The standard InChI is InChI=1S/C21H31N3O2/c1-3-4-10-22(2)20(25)18-15-19(18)21(26)24-13-11-23(12-14-24)16-17-8-6-5-7-9-17/h5-9,18-19H,3-4,10-16H2,1-2H3. The maximum Gasteiger partial charge on any atom is 0.226 e. The molecule has 26 heavy (non-hydrogen) atoms. The van der Waals surface area contributed by atoms with Gasteiger partial charge >= 0.3 is 0 Å². The zero-order valence-electron chi connectivity index (χ0n) is 16.1. The second-order valence-electron chi connectivity index (χ2n) is 7.65. The predicted molar refractivity (Wildman–Crippen MR) is 102 cm³/mol. The molecule has 1 saturated carbocycles. The molecule has 1 aliphatic carbocycles. The van der Waals surface area contributed by atoms with Gasteiger partial charge in [0.15, 0.2) is 0 Å². The Morgan fingerprint density at radius 3 is 2.42 bits per heavy atom. The lowest BCUT2D eigenvalue weighted by Crippen LogP contribution is -2.49. The van der Waals surface area contributed by atoms with Gasteiger partial charge in [-0.3, -0.25) is 14.5 Å². The number of carbonyl (C=O) groups excluding carboxylic acids is 2. The first-order chi connectivity index (χ1) is 12.6. The fourth-order valence-corrected chi connectivity index (χ4v) is 3.73. The van der Waals surface area contributed by atoms with Gasteiger partial charge < -0.3 is 9.80 Å². The summed E-state index contributed by atoms with van der Waals surface area (Å²) in [5.74, 6) is 0.185. The lowest BCUT2D eigenvalue weighted by Gasteiger charge is -2.35. The Morgan fingerprint density at radius 2 is 1.77 bits per heavy atom. The molecule has 1 saturated heterocycles. The Bertz CT molecular complexity index is 611. The molecule has 0 N–H and O–H groups in total. The van der Waals surface area contributed by atoms with E-state index in [1.54, 1.807) is 4.90 Å². The molecule has 1 aromatic rings. The van der Waals surface area contributed by atoms with Gasteiger partial charge in [-0.1, -0.05) is 43.7 Å². The average Bonchev–Trinajstić information content (AvgIpc) is 3.47. The maximum absolute atomic E-state index is 12.7. The molecule has 2 fully saturated rings. The summed E-state index contributed by atoms with van der Waals surface area (Å²) in [5.41, 5.74) is 1.32. The van der Waals surface area contributed by atoms with Gasteiger partial charge in [-0.05, 0) is 18.4 Å². The van der Waals surface area contributed by atoms with Crippen LogP contribution in [0, 0.1) is 11.8 Å². The van der Waals surface area contributed by atoms with E-state index in [2.05, 4.69) is 36.1 Å². The lowest BCUT2D eigenvalue weighted by molar-refractivity contribution is -0.138. The Morgan fingerprint density at radius 1 is 1.08 bits per heavy atom. The fourth-order valence-electron chi connectivity index (χ4n) is 3.73. The third-order valence-electron chi connectivity index (χ3n) is 5.58. The number of amides is 2. The summed E-state index contributed by atoms with van der Waals surface area (Å²) in [6.45, 7) is 7.22. The predicted octanol–water partition coefficient (Wildman–Crippen LogP) is 2.23. The van der Waals surface area contributed by atoms with E-state index in [-0.39, 0.29) is 23.7 Å². The number of hydrogen-bond acceptors (Lipinski definition) is 3. The van der Waals surface area contributed by atoms with Crippen molar-refractivity contribution in [3.63, 3.8) is 0 Å². The molecular formula is C21H31N3O2. The van der Waals surface area contributed by atoms with Crippen molar-refractivity contribution in [2.75, 3.05) is 39.8 Å². The van der Waals surface area contributed by atoms with Gasteiger partial charge in [0.05, 0.1) is 11.8 Å². The molecule has 1 heterocycles. The van der Waals surface area contributed by atoms with Crippen molar-refractivity contribution < 1.29 is 9.59 Å². The maximum atomic E-state index is 12.7. The minimum absolute atomic E-state index is 0.0766. The molecule has 0 spiro atoms. The van der Waals surface area contributed by atoms with Gasteiger partial charge in [-0.2, -0.15) is 0 Å². The van der Waals surface area contributed by atoms with Gasteiger partial charge in [0.2, 0.25) is 11.8 Å². The summed E-state index contributed by atoms with van der Waals surface area (Å²) < 4.78 is 0. The molecular weight excluding hydrogens is 326 g/mol. The third kappa shape index (κ3) is 4.64. The summed E-state index contributed by atoms with van der Waals surface area (Å²) in [6.07, 6.45) is 2.84. The number of unbranched alkanes of at least 4 members (excludes halogenated alkanes) is 1. The molecule has 2 atom stereocenters. The first kappa shape index (κ1) is 18.9. The van der Waals surface area contributed by atoms with Gasteiger partial charge in [-0.15, -0.1) is 0 Å². The molecule has 0 aromatic heterocycles. The second-order valence-corrected chi connectivity index (χ2v) is 7.65. The van der Waals surface area contributed by atoms with Gasteiger partial charge in [0.1, 0.15) is 0 Å². The van der Waals surface area contributed by atoms with Crippen LogP contribution >= 0.6 is 0 Å². The SMILES string of the molecule is CCCCN(C)C(=O)C1CC1C(=O)N1CCN(Cc2ccccc2)CC1. The molecule has 1 aliphatic heterocycles. The van der Waals surface area contributed by atoms with Crippen LogP contribution in [-0.2, 0) is 16.1 Å². The monoisotopic (exact) mass is 357 g/mol. The Kier molecular flexibility index (Phi) is 6.30. The van der Waals surface area contributed by atoms with Crippen molar-refractivity contribution in [1.29, 1.82) is 0 Å². The van der Waals surface area contributed by atoms with E-state index < -0.39 is 0 Å². The molecule has 2 aliphatic rings. The molecule has 2 unspecified atom stereocenters. The number of hydrogen-bond donors (Lipinski definition) is 0. The van der Waals surface area contributed by atoms with Crippen molar-refractivity contribution >= 4 is 11.8 Å². The number of rotatable bonds is 7. The molecule has 5 heteroatoms. The van der Waals surface area contributed by atoms with E-state index in [9.17, 15) is 9.59 Å². The Balaban J connectivity index is 1.42. The largest absolute Gasteiger partial charge is 0.346 e. The summed E-state index contributed by atoms with van der Waals surface area (Å²) >= 11 is 0. The molecule has 5 nitrogen and oxygen atoms in total. The normalized spacial score (nSPS) is 22.9. The van der Waals surface area contributed by atoms with Crippen LogP contribution in [0.3, 0.4) is 0 Å². The molecule has 0 radical (unpaired) electrons. The van der Waals surface area contributed by atoms with E-state index in [1.165, 1.54) is 5.56 Å². The van der Waals surface area contributed by atoms with Crippen LogP contribution in [0.25, 0.3) is 0 Å². The third-order valence-corrected chi connectivity index (χ3v) is 5.58. The van der Waals surface area contributed by atoms with Crippen LogP contribution in [0.2, 0.25) is 0 Å². The quantitative estimate of drug-likeness (QED) is 0.752. The number of nitrogens with zero attached hydrogens (tertiary/aromatic N) is 3. The fraction of sp³-hybridized carbons (Fsp3) is 0.619. The van der Waals surface area contributed by atoms with Crippen LogP contribution < -0.4 is 0 Å². The number of carbonyl (C=O) groups is 2. The minimum atomic E-state index is -0.0771. The van der Waals surface area contributed by atoms with Crippen molar-refractivity contribution in [2.24, 2.45) is 11.8 Å². The summed E-state index contributed by atoms with van der Waals surface area (Å²) in [5, 5.41) is 0. The summed E-state index contributed by atoms with van der Waals surface area (Å²) in [4.78, 5) is 31.3. The highest BCUT2D eigenvalue weighted by molar-refractivity contribution is 5.92. The molecule has 0 bridgehead atoms. The highest BCUT2D eigenvalue weighted by atomic mass is 16.2. The van der Waals surface area contributed by atoms with Crippen LogP contribution in [0.1, 0.15) is 31.7 Å². The van der Waals surface area contributed by atoms with E-state index in [1.807, 2.05) is 18.0 Å². The number of piperazine rings is 1. The Hall–Kier alpha value is -1.88. The summed E-state index contributed by atoms with van der Waals surface area (Å²) in [6, 6.07) is 10.5. The molecule has 1 aromatic carbocycles. The molecule has 142 valence electrons. The van der Waals surface area contributed by atoms with Crippen LogP contribution in [0.15, 0.2) is 30.3 Å². The topological polar surface area (TPSA) is 43.9 Å². The van der Waals surface area contributed by atoms with E-state index >= 15 is 0 Å². The zero-order chi connectivity index (χ0) is 18.5. The first-order valence-electron chi connectivity index (χ1n) is 9.90. The van der Waals surface area contributed by atoms with E-state index in [0.29, 0.717) is 0 Å². The van der Waals surface area contributed by atoms with Crippen molar-refractivity contribution in [2.45, 2.75) is 32.7 Å². The van der Waals surface area contributed by atoms with Gasteiger partial charge in [-0.25, -0.2) is 0 Å². The average molecular weight is 357 g/mol. The van der Waals surface area contributed by atoms with Crippen molar-refractivity contribution in [1.82, 2.24) is 14.7 Å². The Labute approximate surface area is 156 Å². The van der Waals surface area contributed by atoms with Crippen LogP contribution in [0.5, 0.6) is 0 Å². The second kappa shape index (κ2) is 8.67. The number of benzene rings is 1. The van der Waals surface area contributed by atoms with Crippen molar-refractivity contribution in [3.05, 3.63) is 35.9 Å². The van der Waals surface area contributed by atoms with E-state index in [4.69, 9.17) is 0 Å². The van der Waals surface area contributed by atoms with E-state index in [0.717, 1.165) is 58.5 Å². The first-order valence-corrected chi connectivity index (χ1v) is 9.90. The van der Waals surface area contributed by atoms with Gasteiger partial charge in [0, 0.05) is 46.3 Å². The molecule has 2 amide bonds. The van der Waals surface area contributed by atoms with Crippen LogP contribution in [-0.4, -0.2) is 66.3 Å². The van der Waals surface area contributed by atoms with Gasteiger partial charge in [0.25, 0.3) is 0 Å². The minimum Gasteiger partial charge on any atom is -0.346 e. The summed E-state index contributed by atoms with van der Waals surface area (Å²) in [7, 11) is 1.86. The zero-order valence-corrected chi connectivity index (χ0v) is 16.1. The highest BCUT2D eigenvalue weighted by Crippen LogP contribution is 2.41.